The Hall–Kier alpha value is 1.00. The standard InChI is InChI=1S/2C15H31P.Pd/c2*1-13(2)11-9-10-12-16(14(3,4)5)15(6,7)8;/h2*9-10,13H,11-12H2,1-8H3;. The molecule has 0 aromatic heterocycles. The van der Waals surface area contributed by atoms with Crippen LogP contribution in [0.25, 0.3) is 0 Å². The van der Waals surface area contributed by atoms with Crippen molar-refractivity contribution < 1.29 is 20.4 Å². The molecule has 0 nitrogen and oxygen atoms in total. The van der Waals surface area contributed by atoms with E-state index in [-0.39, 0.29) is 36.3 Å². The van der Waals surface area contributed by atoms with E-state index in [0.717, 1.165) is 11.8 Å². The smallest absolute Gasteiger partial charge is 0 e. The third-order valence-electron chi connectivity index (χ3n) is 5.36. The van der Waals surface area contributed by atoms with Gasteiger partial charge in [-0.05, 0) is 57.6 Å². The second-order valence-electron chi connectivity index (χ2n) is 14.1. The Kier molecular flexibility index (Phi) is 19.5. The van der Waals surface area contributed by atoms with Gasteiger partial charge in [-0.25, -0.2) is 0 Å². The first-order valence-corrected chi connectivity index (χ1v) is 16.0. The molecule has 0 N–H and O–H groups in total. The summed E-state index contributed by atoms with van der Waals surface area (Å²) in [6, 6.07) is 0. The predicted octanol–water partition coefficient (Wildman–Crippen LogP) is 11.3. The van der Waals surface area contributed by atoms with Crippen LogP contribution in [0.4, 0.5) is 0 Å². The van der Waals surface area contributed by atoms with E-state index in [1.807, 2.05) is 0 Å². The summed E-state index contributed by atoms with van der Waals surface area (Å²) in [5, 5.41) is 1.82. The van der Waals surface area contributed by atoms with Gasteiger partial charge in [0, 0.05) is 20.4 Å². The normalized spacial score (nSPS) is 13.9. The first kappa shape index (κ1) is 38.5. The third kappa shape index (κ3) is 20.9. The van der Waals surface area contributed by atoms with Gasteiger partial charge in [0.05, 0.1) is 0 Å². The van der Waals surface area contributed by atoms with Crippen LogP contribution < -0.4 is 0 Å². The summed E-state index contributed by atoms with van der Waals surface area (Å²) in [4.78, 5) is 0. The van der Waals surface area contributed by atoms with Crippen molar-refractivity contribution in [1.82, 2.24) is 0 Å². The van der Waals surface area contributed by atoms with Crippen LogP contribution in [0.15, 0.2) is 24.3 Å². The molecule has 3 heteroatoms. The molecule has 0 spiro atoms. The van der Waals surface area contributed by atoms with E-state index in [0.29, 0.717) is 20.6 Å². The van der Waals surface area contributed by atoms with Gasteiger partial charge in [0.2, 0.25) is 0 Å². The Balaban J connectivity index is -0.000000529. The van der Waals surface area contributed by atoms with Gasteiger partial charge in [-0.15, -0.1) is 0 Å². The van der Waals surface area contributed by atoms with Crippen LogP contribution in [-0.4, -0.2) is 32.9 Å². The minimum atomic E-state index is 0. The van der Waals surface area contributed by atoms with Crippen LogP contribution >= 0.6 is 15.8 Å². The zero-order valence-corrected chi connectivity index (χ0v) is 28.8. The number of hydrogen-bond acceptors (Lipinski definition) is 0. The van der Waals surface area contributed by atoms with E-state index in [1.165, 1.54) is 25.2 Å². The Morgan fingerprint density at radius 1 is 0.455 bits per heavy atom. The molecular weight excluding hydrogens is 529 g/mol. The van der Waals surface area contributed by atoms with Crippen molar-refractivity contribution in [1.29, 1.82) is 0 Å². The summed E-state index contributed by atoms with van der Waals surface area (Å²) >= 11 is 0. The Morgan fingerprint density at radius 3 is 0.818 bits per heavy atom. The average Bonchev–Trinajstić information content (AvgIpc) is 2.49. The number of allylic oxidation sites excluding steroid dienone is 4. The van der Waals surface area contributed by atoms with E-state index in [2.05, 4.69) is 135 Å². The fraction of sp³-hybridized carbons (Fsp3) is 0.867. The molecule has 0 aliphatic carbocycles. The van der Waals surface area contributed by atoms with E-state index >= 15 is 0 Å². The third-order valence-corrected chi connectivity index (χ3v) is 13.0. The summed E-state index contributed by atoms with van der Waals surface area (Å²) in [5.74, 6) is 1.57. The minimum Gasteiger partial charge on any atom is -0.0918 e. The first-order chi connectivity index (χ1) is 14.1. The van der Waals surface area contributed by atoms with Gasteiger partial charge >= 0.3 is 0 Å². The van der Waals surface area contributed by atoms with E-state index < -0.39 is 0 Å². The van der Waals surface area contributed by atoms with E-state index in [4.69, 9.17) is 0 Å². The average molecular weight is 591 g/mol. The zero-order valence-electron chi connectivity index (χ0n) is 25.5. The molecule has 202 valence electrons. The molecule has 0 amide bonds. The van der Waals surface area contributed by atoms with Crippen molar-refractivity contribution in [2.45, 2.75) is 144 Å². The largest absolute Gasteiger partial charge is 0.0918 e. The van der Waals surface area contributed by atoms with Gasteiger partial charge in [-0.2, -0.15) is 0 Å². The van der Waals surface area contributed by atoms with Crippen LogP contribution in [0, 0.1) is 11.8 Å². The number of hydrogen-bond donors (Lipinski definition) is 0. The van der Waals surface area contributed by atoms with Crippen molar-refractivity contribution in [2.75, 3.05) is 12.3 Å². The zero-order chi connectivity index (χ0) is 26.0. The van der Waals surface area contributed by atoms with Gasteiger partial charge in [0.1, 0.15) is 0 Å². The Bertz CT molecular complexity index is 454. The maximum atomic E-state index is 2.42. The molecule has 0 radical (unpaired) electrons. The van der Waals surface area contributed by atoms with Crippen LogP contribution in [0.3, 0.4) is 0 Å². The van der Waals surface area contributed by atoms with Crippen molar-refractivity contribution in [3.63, 3.8) is 0 Å². The fourth-order valence-electron chi connectivity index (χ4n) is 4.20. The van der Waals surface area contributed by atoms with Crippen molar-refractivity contribution in [3.8, 4) is 0 Å². The second-order valence-corrected chi connectivity index (χ2v) is 21.9. The molecule has 0 aliphatic rings. The molecule has 0 aromatic carbocycles. The minimum absolute atomic E-state index is 0. The van der Waals surface area contributed by atoms with Crippen molar-refractivity contribution >= 4 is 15.8 Å². The van der Waals surface area contributed by atoms with Gasteiger partial charge in [0.15, 0.2) is 0 Å². The Labute approximate surface area is 228 Å². The fourth-order valence-corrected chi connectivity index (χ4v) is 11.1. The molecule has 0 fully saturated rings. The van der Waals surface area contributed by atoms with E-state index in [1.54, 1.807) is 0 Å². The van der Waals surface area contributed by atoms with Gasteiger partial charge in [0.25, 0.3) is 0 Å². The molecule has 0 aliphatic heterocycles. The summed E-state index contributed by atoms with van der Waals surface area (Å²) in [5.41, 5.74) is 0. The molecule has 0 saturated carbocycles. The topological polar surface area (TPSA) is 0 Å². The summed E-state index contributed by atoms with van der Waals surface area (Å²) in [6.45, 7) is 37.8. The maximum absolute atomic E-state index is 2.42. The molecule has 0 atom stereocenters. The number of rotatable bonds is 8. The quantitative estimate of drug-likeness (QED) is 0.150. The molecule has 33 heavy (non-hydrogen) atoms. The van der Waals surface area contributed by atoms with Crippen LogP contribution in [0.1, 0.15) is 124 Å². The van der Waals surface area contributed by atoms with Crippen LogP contribution in [-0.2, 0) is 20.4 Å². The maximum Gasteiger partial charge on any atom is 0 e. The van der Waals surface area contributed by atoms with Crippen molar-refractivity contribution in [2.24, 2.45) is 11.8 Å². The molecule has 0 unspecified atom stereocenters. The summed E-state index contributed by atoms with van der Waals surface area (Å²) in [7, 11) is 0.0791. The first-order valence-electron chi connectivity index (χ1n) is 13.0. The van der Waals surface area contributed by atoms with Crippen LogP contribution in [0.2, 0.25) is 0 Å². The second kappa shape index (κ2) is 16.7. The molecule has 0 heterocycles. The Morgan fingerprint density at radius 2 is 0.667 bits per heavy atom. The molecule has 0 aromatic rings. The summed E-state index contributed by atoms with van der Waals surface area (Å²) < 4.78 is 0. The molecular formula is C30H62P2Pd. The van der Waals surface area contributed by atoms with Gasteiger partial charge in [-0.1, -0.05) is 151 Å². The van der Waals surface area contributed by atoms with Gasteiger partial charge < -0.3 is 0 Å². The summed E-state index contributed by atoms with van der Waals surface area (Å²) in [6.07, 6.45) is 14.6. The van der Waals surface area contributed by atoms with Crippen LogP contribution in [0.5, 0.6) is 0 Å². The van der Waals surface area contributed by atoms with Crippen molar-refractivity contribution in [3.05, 3.63) is 24.3 Å². The van der Waals surface area contributed by atoms with Gasteiger partial charge in [-0.3, -0.25) is 0 Å². The molecule has 0 rings (SSSR count). The predicted molar refractivity (Wildman–Crippen MR) is 160 cm³/mol. The SMILES string of the molecule is CC(C)CC=CCP(C(C)(C)C)C(C)(C)C.CC(C)CC=CCP(C(C)(C)C)C(C)(C)C.[Pd]. The molecule has 0 bridgehead atoms. The van der Waals surface area contributed by atoms with E-state index in [9.17, 15) is 0 Å². The monoisotopic (exact) mass is 590 g/mol. The molecule has 0 saturated heterocycles.